The van der Waals surface area contributed by atoms with Crippen LogP contribution in [0, 0.1) is 5.92 Å². The van der Waals surface area contributed by atoms with Gasteiger partial charge in [0.1, 0.15) is 0 Å². The Morgan fingerprint density at radius 2 is 1.88 bits per heavy atom. The van der Waals surface area contributed by atoms with Crippen LogP contribution in [0.5, 0.6) is 0 Å². The van der Waals surface area contributed by atoms with Gasteiger partial charge in [-0.1, -0.05) is 0 Å². The fraction of sp³-hybridized carbons (Fsp3) is 1.00. The molecule has 17 heavy (non-hydrogen) atoms. The summed E-state index contributed by atoms with van der Waals surface area (Å²) in [6, 6.07) is 0.337. The highest BCUT2D eigenvalue weighted by atomic mass is 32.2. The molecule has 0 amide bonds. The van der Waals surface area contributed by atoms with Gasteiger partial charge in [-0.25, -0.2) is 0 Å². The lowest BCUT2D eigenvalue weighted by atomic mass is 10.2. The van der Waals surface area contributed by atoms with Crippen LogP contribution in [0.15, 0.2) is 0 Å². The Bertz CT molecular complexity index is 346. The maximum atomic E-state index is 12.2. The van der Waals surface area contributed by atoms with E-state index in [2.05, 4.69) is 5.32 Å². The first kappa shape index (κ1) is 13.3. The average Bonchev–Trinajstić information content (AvgIpc) is 2.92. The highest BCUT2D eigenvalue weighted by molar-refractivity contribution is 7.86. The van der Waals surface area contributed by atoms with Crippen molar-refractivity contribution in [2.24, 2.45) is 5.92 Å². The molecule has 2 aliphatic rings. The minimum atomic E-state index is -3.25. The van der Waals surface area contributed by atoms with Crippen molar-refractivity contribution in [1.29, 1.82) is 0 Å². The third-order valence-electron chi connectivity index (χ3n) is 3.53. The van der Waals surface area contributed by atoms with E-state index in [1.807, 2.05) is 0 Å². The molecule has 100 valence electrons. The molecule has 0 spiro atoms. The molecular formula is C11H23N3O2S. The second-order valence-electron chi connectivity index (χ2n) is 5.34. The monoisotopic (exact) mass is 261 g/mol. The lowest BCUT2D eigenvalue weighted by molar-refractivity contribution is 0.335. The van der Waals surface area contributed by atoms with Crippen molar-refractivity contribution in [1.82, 2.24) is 13.9 Å². The fourth-order valence-corrected chi connectivity index (χ4v) is 3.47. The number of hydrogen-bond donors (Lipinski definition) is 1. The van der Waals surface area contributed by atoms with Crippen LogP contribution < -0.4 is 5.32 Å². The van der Waals surface area contributed by atoms with Crippen LogP contribution in [0.3, 0.4) is 0 Å². The molecule has 0 aromatic rings. The molecule has 0 aromatic carbocycles. The van der Waals surface area contributed by atoms with E-state index in [0.717, 1.165) is 19.4 Å². The van der Waals surface area contributed by atoms with Crippen LogP contribution in [0.25, 0.3) is 0 Å². The Morgan fingerprint density at radius 1 is 1.18 bits per heavy atom. The molecule has 6 heteroatoms. The van der Waals surface area contributed by atoms with E-state index in [0.29, 0.717) is 25.0 Å². The van der Waals surface area contributed by atoms with Gasteiger partial charge in [0.25, 0.3) is 10.2 Å². The number of nitrogens with one attached hydrogen (secondary N) is 1. The molecule has 1 unspecified atom stereocenters. The van der Waals surface area contributed by atoms with Crippen LogP contribution in [0.2, 0.25) is 0 Å². The summed E-state index contributed by atoms with van der Waals surface area (Å²) in [5.74, 6) is 0.589. The predicted molar refractivity (Wildman–Crippen MR) is 67.9 cm³/mol. The van der Waals surface area contributed by atoms with Gasteiger partial charge < -0.3 is 5.32 Å². The van der Waals surface area contributed by atoms with E-state index in [9.17, 15) is 8.42 Å². The molecular weight excluding hydrogens is 238 g/mol. The van der Waals surface area contributed by atoms with Gasteiger partial charge in [-0.3, -0.25) is 0 Å². The standard InChI is InChI=1S/C11H23N3O2S/c1-13(2)17(15,16)14(8-10-5-6-10)9-11-4-3-7-12-11/h10-12H,3-9H2,1-2H3. The first-order valence-corrected chi connectivity index (χ1v) is 7.81. The summed E-state index contributed by atoms with van der Waals surface area (Å²) >= 11 is 0. The quantitative estimate of drug-likeness (QED) is 0.746. The molecule has 0 aromatic heterocycles. The van der Waals surface area contributed by atoms with E-state index >= 15 is 0 Å². The minimum Gasteiger partial charge on any atom is -0.313 e. The van der Waals surface area contributed by atoms with Gasteiger partial charge in [0.2, 0.25) is 0 Å². The van der Waals surface area contributed by atoms with Crippen LogP contribution in [-0.2, 0) is 10.2 Å². The lowest BCUT2D eigenvalue weighted by Crippen LogP contribution is -2.46. The van der Waals surface area contributed by atoms with E-state index < -0.39 is 10.2 Å². The van der Waals surface area contributed by atoms with Gasteiger partial charge in [-0.15, -0.1) is 0 Å². The highest BCUT2D eigenvalue weighted by Crippen LogP contribution is 2.31. The van der Waals surface area contributed by atoms with Gasteiger partial charge >= 0.3 is 0 Å². The molecule has 1 aliphatic heterocycles. The Labute approximate surface area is 104 Å². The van der Waals surface area contributed by atoms with Crippen molar-refractivity contribution < 1.29 is 8.42 Å². The zero-order valence-electron chi connectivity index (χ0n) is 10.7. The largest absolute Gasteiger partial charge is 0.313 e. The van der Waals surface area contributed by atoms with Crippen LogP contribution in [-0.4, -0.2) is 56.8 Å². The summed E-state index contributed by atoms with van der Waals surface area (Å²) in [6.07, 6.45) is 4.60. The van der Waals surface area contributed by atoms with E-state index in [-0.39, 0.29) is 0 Å². The van der Waals surface area contributed by atoms with Crippen molar-refractivity contribution in [3.05, 3.63) is 0 Å². The summed E-state index contributed by atoms with van der Waals surface area (Å²) < 4.78 is 27.4. The maximum Gasteiger partial charge on any atom is 0.281 e. The van der Waals surface area contributed by atoms with Gasteiger partial charge in [0.05, 0.1) is 0 Å². The van der Waals surface area contributed by atoms with Gasteiger partial charge in [0, 0.05) is 33.2 Å². The summed E-state index contributed by atoms with van der Waals surface area (Å²) in [6.45, 7) is 2.33. The van der Waals surface area contributed by atoms with Gasteiger partial charge in [-0.2, -0.15) is 17.0 Å². The van der Waals surface area contributed by atoms with E-state index in [1.54, 1.807) is 18.4 Å². The third-order valence-corrected chi connectivity index (χ3v) is 5.41. The maximum absolute atomic E-state index is 12.2. The SMILES string of the molecule is CN(C)S(=O)(=O)N(CC1CC1)CC1CCCN1. The zero-order valence-corrected chi connectivity index (χ0v) is 11.5. The first-order chi connectivity index (χ1) is 8.00. The molecule has 1 N–H and O–H groups in total. The molecule has 2 rings (SSSR count). The third kappa shape index (κ3) is 3.40. The molecule has 1 atom stereocenters. The zero-order chi connectivity index (χ0) is 12.5. The molecule has 0 radical (unpaired) electrons. The molecule has 1 saturated carbocycles. The molecule has 0 bridgehead atoms. The number of rotatable bonds is 6. The number of hydrogen-bond acceptors (Lipinski definition) is 3. The van der Waals surface area contributed by atoms with Crippen molar-refractivity contribution in [2.45, 2.75) is 31.7 Å². The number of nitrogens with zero attached hydrogens (tertiary/aromatic N) is 2. The molecule has 1 heterocycles. The Morgan fingerprint density at radius 3 is 2.35 bits per heavy atom. The van der Waals surface area contributed by atoms with Gasteiger partial charge in [-0.05, 0) is 38.1 Å². The Hall–Kier alpha value is -0.170. The second kappa shape index (κ2) is 5.22. The average molecular weight is 261 g/mol. The smallest absolute Gasteiger partial charge is 0.281 e. The van der Waals surface area contributed by atoms with E-state index in [4.69, 9.17) is 0 Å². The van der Waals surface area contributed by atoms with E-state index in [1.165, 1.54) is 17.1 Å². The molecule has 5 nitrogen and oxygen atoms in total. The predicted octanol–water partition coefficient (Wildman–Crippen LogP) is 0.257. The second-order valence-corrected chi connectivity index (χ2v) is 7.49. The summed E-state index contributed by atoms with van der Waals surface area (Å²) in [7, 11) is -0.0380. The molecule has 2 fully saturated rings. The lowest BCUT2D eigenvalue weighted by Gasteiger charge is -2.27. The van der Waals surface area contributed by atoms with Crippen LogP contribution in [0.4, 0.5) is 0 Å². The summed E-state index contributed by atoms with van der Waals surface area (Å²) in [4.78, 5) is 0. The normalized spacial score (nSPS) is 26.0. The molecule has 1 saturated heterocycles. The van der Waals surface area contributed by atoms with Crippen LogP contribution >= 0.6 is 0 Å². The van der Waals surface area contributed by atoms with Crippen molar-refractivity contribution >= 4 is 10.2 Å². The molecule has 1 aliphatic carbocycles. The summed E-state index contributed by atoms with van der Waals surface area (Å²) in [5, 5.41) is 3.37. The fourth-order valence-electron chi connectivity index (χ4n) is 2.24. The minimum absolute atomic E-state index is 0.337. The van der Waals surface area contributed by atoms with Crippen molar-refractivity contribution in [3.8, 4) is 0 Å². The van der Waals surface area contributed by atoms with Crippen LogP contribution in [0.1, 0.15) is 25.7 Å². The Kier molecular flexibility index (Phi) is 4.07. The van der Waals surface area contributed by atoms with Crippen molar-refractivity contribution in [3.63, 3.8) is 0 Å². The summed E-state index contributed by atoms with van der Waals surface area (Å²) in [5.41, 5.74) is 0. The Balaban J connectivity index is 2.00. The topological polar surface area (TPSA) is 52.7 Å². The first-order valence-electron chi connectivity index (χ1n) is 6.41. The van der Waals surface area contributed by atoms with Gasteiger partial charge in [0.15, 0.2) is 0 Å². The highest BCUT2D eigenvalue weighted by Gasteiger charge is 2.33. The van der Waals surface area contributed by atoms with Crippen molar-refractivity contribution in [2.75, 3.05) is 33.7 Å².